The fourth-order valence-corrected chi connectivity index (χ4v) is 7.03. The molecule has 0 radical (unpaired) electrons. The molecule has 6 rings (SSSR count). The largest absolute Gasteiger partial charge is 0.483 e. The first kappa shape index (κ1) is 24.2. The van der Waals surface area contributed by atoms with E-state index in [2.05, 4.69) is 12.1 Å². The molecule has 1 N–H and O–H groups in total. The molecular formula is C31H35NO5. The van der Waals surface area contributed by atoms with Gasteiger partial charge in [-0.15, -0.1) is 0 Å². The van der Waals surface area contributed by atoms with Crippen molar-refractivity contribution in [2.24, 2.45) is 5.92 Å². The van der Waals surface area contributed by atoms with Crippen LogP contribution < -0.4 is 10.4 Å². The average Bonchev–Trinajstić information content (AvgIpc) is 2.91. The summed E-state index contributed by atoms with van der Waals surface area (Å²) in [5, 5.41) is 12.3. The summed E-state index contributed by atoms with van der Waals surface area (Å²) in [5.74, 6) is 0.539. The molecular weight excluding hydrogens is 466 g/mol. The number of likely N-dealkylation sites (tertiary alicyclic amines) is 1. The lowest BCUT2D eigenvalue weighted by molar-refractivity contribution is -0.157. The summed E-state index contributed by atoms with van der Waals surface area (Å²) in [6, 6.07) is 13.8. The maximum absolute atomic E-state index is 13.7. The molecule has 2 aliphatic carbocycles. The summed E-state index contributed by atoms with van der Waals surface area (Å²) in [5.41, 5.74) is 3.29. The molecule has 3 aliphatic rings. The number of rotatable bonds is 4. The van der Waals surface area contributed by atoms with Crippen molar-refractivity contribution in [2.75, 3.05) is 13.2 Å². The van der Waals surface area contributed by atoms with E-state index in [-0.39, 0.29) is 30.1 Å². The maximum Gasteiger partial charge on any atom is 0.339 e. The van der Waals surface area contributed by atoms with Gasteiger partial charge in [0.2, 0.25) is 0 Å². The fraction of sp³-hybridized carbons (Fsp3) is 0.484. The smallest absolute Gasteiger partial charge is 0.339 e. The van der Waals surface area contributed by atoms with E-state index >= 15 is 0 Å². The Balaban J connectivity index is 1.32. The molecule has 0 bridgehead atoms. The van der Waals surface area contributed by atoms with Crippen LogP contribution in [-0.2, 0) is 17.6 Å². The van der Waals surface area contributed by atoms with Crippen molar-refractivity contribution in [3.63, 3.8) is 0 Å². The molecule has 2 heterocycles. The highest BCUT2D eigenvalue weighted by atomic mass is 16.5. The zero-order chi connectivity index (χ0) is 25.6. The highest BCUT2D eigenvalue weighted by Crippen LogP contribution is 2.49. The molecule has 0 spiro atoms. The Morgan fingerprint density at radius 2 is 1.86 bits per heavy atom. The minimum Gasteiger partial charge on any atom is -0.483 e. The number of amides is 1. The topological polar surface area (TPSA) is 80.0 Å². The highest BCUT2D eigenvalue weighted by Gasteiger charge is 2.50. The molecule has 1 saturated carbocycles. The predicted octanol–water partition coefficient (Wildman–Crippen LogP) is 5.25. The second kappa shape index (κ2) is 9.64. The number of aliphatic hydroxyl groups is 1. The van der Waals surface area contributed by atoms with Crippen molar-refractivity contribution in [1.82, 2.24) is 4.90 Å². The van der Waals surface area contributed by atoms with Crippen LogP contribution >= 0.6 is 0 Å². The van der Waals surface area contributed by atoms with E-state index in [4.69, 9.17) is 9.15 Å². The SMILES string of the molecule is Cc1cc(OCC(=O)N2CC[C@@]3(O)CCCC[C@@H]3[C@@H]2c2ccccc2)c2c3c(c(=O)oc2c1)CCCC3. The van der Waals surface area contributed by atoms with Gasteiger partial charge in [0.05, 0.1) is 17.0 Å². The first-order chi connectivity index (χ1) is 17.9. The Morgan fingerprint density at radius 3 is 2.68 bits per heavy atom. The second-order valence-electron chi connectivity index (χ2n) is 11.1. The van der Waals surface area contributed by atoms with E-state index in [1.165, 1.54) is 0 Å². The van der Waals surface area contributed by atoms with Gasteiger partial charge in [-0.25, -0.2) is 4.79 Å². The third-order valence-corrected chi connectivity index (χ3v) is 8.81. The van der Waals surface area contributed by atoms with Gasteiger partial charge in [-0.05, 0) is 80.7 Å². The molecule has 1 aliphatic heterocycles. The van der Waals surface area contributed by atoms with Gasteiger partial charge in [-0.2, -0.15) is 0 Å². The highest BCUT2D eigenvalue weighted by molar-refractivity contribution is 5.89. The van der Waals surface area contributed by atoms with E-state index in [0.29, 0.717) is 24.3 Å². The van der Waals surface area contributed by atoms with Crippen molar-refractivity contribution in [2.45, 2.75) is 76.4 Å². The van der Waals surface area contributed by atoms with Crippen LogP contribution in [0.4, 0.5) is 0 Å². The minimum atomic E-state index is -0.722. The molecule has 6 nitrogen and oxygen atoms in total. The summed E-state index contributed by atoms with van der Waals surface area (Å²) in [4.78, 5) is 28.3. The van der Waals surface area contributed by atoms with Crippen LogP contribution in [0.2, 0.25) is 0 Å². The van der Waals surface area contributed by atoms with Gasteiger partial charge in [0.25, 0.3) is 5.91 Å². The van der Waals surface area contributed by atoms with E-state index in [1.54, 1.807) is 0 Å². The predicted molar refractivity (Wildman–Crippen MR) is 142 cm³/mol. The van der Waals surface area contributed by atoms with Crippen LogP contribution in [0.1, 0.15) is 73.2 Å². The Bertz CT molecular complexity index is 1380. The molecule has 2 aromatic carbocycles. The molecule has 194 valence electrons. The molecule has 2 fully saturated rings. The Kier molecular flexibility index (Phi) is 6.31. The van der Waals surface area contributed by atoms with Crippen LogP contribution in [0.3, 0.4) is 0 Å². The summed E-state index contributed by atoms with van der Waals surface area (Å²) in [6.07, 6.45) is 7.94. The molecule has 1 aromatic heterocycles. The van der Waals surface area contributed by atoms with Crippen LogP contribution in [0.5, 0.6) is 5.75 Å². The van der Waals surface area contributed by atoms with Gasteiger partial charge >= 0.3 is 5.63 Å². The first-order valence-electron chi connectivity index (χ1n) is 13.7. The number of hydrogen-bond donors (Lipinski definition) is 1. The summed E-state index contributed by atoms with van der Waals surface area (Å²) >= 11 is 0. The lowest BCUT2D eigenvalue weighted by Gasteiger charge is -2.52. The van der Waals surface area contributed by atoms with Crippen molar-refractivity contribution in [3.05, 3.63) is 75.1 Å². The minimum absolute atomic E-state index is 0.0162. The number of benzene rings is 2. The van der Waals surface area contributed by atoms with Crippen molar-refractivity contribution in [1.29, 1.82) is 0 Å². The number of hydrogen-bond acceptors (Lipinski definition) is 5. The first-order valence-corrected chi connectivity index (χ1v) is 13.7. The number of carbonyl (C=O) groups is 1. The zero-order valence-corrected chi connectivity index (χ0v) is 21.5. The quantitative estimate of drug-likeness (QED) is 0.494. The Hall–Kier alpha value is -3.12. The monoisotopic (exact) mass is 501 g/mol. The third-order valence-electron chi connectivity index (χ3n) is 8.81. The molecule has 3 atom stereocenters. The molecule has 6 heteroatoms. The Morgan fingerprint density at radius 1 is 1.08 bits per heavy atom. The van der Waals surface area contributed by atoms with Crippen molar-refractivity contribution in [3.8, 4) is 5.75 Å². The molecule has 3 aromatic rings. The third kappa shape index (κ3) is 4.35. The molecule has 1 amide bonds. The number of aryl methyl sites for hydroxylation is 2. The van der Waals surface area contributed by atoms with Crippen LogP contribution in [-0.4, -0.2) is 34.7 Å². The standard InChI is InChI=1S/C31H35NO5/c1-20-17-25(28-22-11-5-6-12-23(22)30(34)37-26(28)18-20)36-19-27(33)32-16-15-31(35)14-8-7-13-24(31)29(32)21-9-3-2-4-10-21/h2-4,9-10,17-18,24,29,35H,5-8,11-16,19H2,1H3/t24-,29+,31+/m1/s1. The average molecular weight is 502 g/mol. The number of nitrogens with zero attached hydrogens (tertiary/aromatic N) is 1. The molecule has 37 heavy (non-hydrogen) atoms. The van der Waals surface area contributed by atoms with Gasteiger partial charge in [0.15, 0.2) is 6.61 Å². The summed E-state index contributed by atoms with van der Waals surface area (Å²) < 4.78 is 11.9. The maximum atomic E-state index is 13.7. The zero-order valence-electron chi connectivity index (χ0n) is 21.5. The lowest BCUT2D eigenvalue weighted by Crippen LogP contribution is -2.56. The molecule has 1 saturated heterocycles. The van der Waals surface area contributed by atoms with E-state index in [0.717, 1.165) is 79.0 Å². The second-order valence-corrected chi connectivity index (χ2v) is 11.1. The van der Waals surface area contributed by atoms with E-state index < -0.39 is 5.60 Å². The normalized spacial score (nSPS) is 25.4. The number of ether oxygens (including phenoxy) is 1. The number of carbonyl (C=O) groups excluding carboxylic acids is 1. The fourth-order valence-electron chi connectivity index (χ4n) is 7.03. The van der Waals surface area contributed by atoms with Crippen molar-refractivity contribution < 1.29 is 19.1 Å². The van der Waals surface area contributed by atoms with E-state index in [1.807, 2.05) is 42.2 Å². The van der Waals surface area contributed by atoms with Crippen molar-refractivity contribution >= 4 is 16.9 Å². The van der Waals surface area contributed by atoms with Gasteiger partial charge in [0.1, 0.15) is 11.3 Å². The van der Waals surface area contributed by atoms with E-state index in [9.17, 15) is 14.7 Å². The Labute approximate surface area is 217 Å². The molecule has 0 unspecified atom stereocenters. The van der Waals surface area contributed by atoms with Crippen LogP contribution in [0.15, 0.2) is 51.7 Å². The van der Waals surface area contributed by atoms with Crippen LogP contribution in [0.25, 0.3) is 11.0 Å². The summed E-state index contributed by atoms with van der Waals surface area (Å²) in [6.45, 7) is 2.35. The number of fused-ring (bicyclic) bond motifs is 4. The van der Waals surface area contributed by atoms with Crippen LogP contribution in [0, 0.1) is 12.8 Å². The lowest BCUT2D eigenvalue weighted by atomic mass is 9.66. The summed E-state index contributed by atoms with van der Waals surface area (Å²) in [7, 11) is 0. The number of piperidine rings is 1. The van der Waals surface area contributed by atoms with Gasteiger partial charge in [-0.3, -0.25) is 4.79 Å². The van der Waals surface area contributed by atoms with Gasteiger partial charge in [-0.1, -0.05) is 43.2 Å². The van der Waals surface area contributed by atoms with Gasteiger partial charge < -0.3 is 19.2 Å². The van der Waals surface area contributed by atoms with Gasteiger partial charge in [0, 0.05) is 18.0 Å².